The Morgan fingerprint density at radius 2 is 1.75 bits per heavy atom. The summed E-state index contributed by atoms with van der Waals surface area (Å²) in [5.74, 6) is -1.67. The zero-order valence-corrected chi connectivity index (χ0v) is 17.6. The number of rotatable bonds is 7. The van der Waals surface area contributed by atoms with Crippen LogP contribution in [-0.4, -0.2) is 44.0 Å². The minimum Gasteiger partial charge on any atom is -0.461 e. The molecule has 0 saturated heterocycles. The Morgan fingerprint density at radius 1 is 1.07 bits per heavy atom. The van der Waals surface area contributed by atoms with Gasteiger partial charge in [0.15, 0.2) is 0 Å². The fourth-order valence-electron chi connectivity index (χ4n) is 3.83. The van der Waals surface area contributed by atoms with Crippen molar-refractivity contribution in [2.24, 2.45) is 17.8 Å². The normalized spacial score (nSPS) is 28.2. The summed E-state index contributed by atoms with van der Waals surface area (Å²) in [6.45, 7) is 7.17. The Hall–Kier alpha value is -2.12. The van der Waals surface area contributed by atoms with Crippen LogP contribution >= 0.6 is 0 Å². The Labute approximate surface area is 166 Å². The first-order valence-electron chi connectivity index (χ1n) is 9.76. The third-order valence-electron chi connectivity index (χ3n) is 5.43. The van der Waals surface area contributed by atoms with Crippen LogP contribution in [0.4, 0.5) is 4.79 Å². The van der Waals surface area contributed by atoms with E-state index in [1.54, 1.807) is 0 Å². The van der Waals surface area contributed by atoms with Gasteiger partial charge in [0.1, 0.15) is 6.61 Å². The van der Waals surface area contributed by atoms with E-state index in [0.29, 0.717) is 6.61 Å². The molecule has 1 amide bonds. The van der Waals surface area contributed by atoms with Crippen molar-refractivity contribution >= 4 is 20.1 Å². The number of fused-ring (bicyclic) bond motifs is 2. The fourth-order valence-corrected chi connectivity index (χ4v) is 4.54. The zero-order valence-electron chi connectivity index (χ0n) is 16.6. The fraction of sp³-hybridized carbons (Fsp3) is 0.524. The van der Waals surface area contributed by atoms with Crippen molar-refractivity contribution in [2.45, 2.75) is 44.4 Å². The molecule has 2 bridgehead atoms. The Kier molecular flexibility index (Phi) is 6.25. The van der Waals surface area contributed by atoms with Crippen LogP contribution in [0.3, 0.4) is 0 Å². The summed E-state index contributed by atoms with van der Waals surface area (Å²) in [5, 5.41) is 13.2. The lowest BCUT2D eigenvalue weighted by Gasteiger charge is -2.26. The Bertz CT molecular complexity index is 730. The van der Waals surface area contributed by atoms with Gasteiger partial charge in [0, 0.05) is 19.9 Å². The molecule has 1 saturated carbocycles. The number of carbonyl (C=O) groups excluding carboxylic acids is 2. The first-order chi connectivity index (χ1) is 13.3. The van der Waals surface area contributed by atoms with E-state index in [1.165, 1.54) is 0 Å². The van der Waals surface area contributed by atoms with Gasteiger partial charge in [-0.05, 0) is 11.6 Å². The molecule has 5 atom stereocenters. The number of hydrogen-bond donors (Lipinski definition) is 2. The highest BCUT2D eigenvalue weighted by Crippen LogP contribution is 2.44. The molecule has 28 heavy (non-hydrogen) atoms. The van der Waals surface area contributed by atoms with Gasteiger partial charge in [-0.15, -0.1) is 0 Å². The second-order valence-corrected chi connectivity index (χ2v) is 14.4. The second kappa shape index (κ2) is 8.49. The molecule has 0 aliphatic heterocycles. The van der Waals surface area contributed by atoms with E-state index in [4.69, 9.17) is 9.47 Å². The smallest absolute Gasteiger partial charge is 0.407 e. The molecule has 2 aliphatic carbocycles. The van der Waals surface area contributed by atoms with Crippen molar-refractivity contribution in [1.82, 2.24) is 5.32 Å². The molecule has 3 unspecified atom stereocenters. The van der Waals surface area contributed by atoms with Gasteiger partial charge in [0.05, 0.1) is 24.7 Å². The third kappa shape index (κ3) is 4.83. The minimum atomic E-state index is -1.30. The van der Waals surface area contributed by atoms with E-state index in [-0.39, 0.29) is 18.4 Å². The highest BCUT2D eigenvalue weighted by atomic mass is 28.3. The average Bonchev–Trinajstić information content (AvgIpc) is 3.12. The maximum Gasteiger partial charge on any atom is 0.407 e. The van der Waals surface area contributed by atoms with Gasteiger partial charge < -0.3 is 19.9 Å². The first kappa shape index (κ1) is 20.6. The van der Waals surface area contributed by atoms with Gasteiger partial charge >= 0.3 is 12.1 Å². The molecule has 2 aliphatic rings. The summed E-state index contributed by atoms with van der Waals surface area (Å²) in [7, 11) is -1.30. The number of carbonyl (C=O) groups is 2. The van der Waals surface area contributed by atoms with Crippen molar-refractivity contribution in [3.05, 3.63) is 48.0 Å². The molecular weight excluding hydrogens is 374 g/mol. The van der Waals surface area contributed by atoms with Gasteiger partial charge in [-0.25, -0.2) is 4.79 Å². The summed E-state index contributed by atoms with van der Waals surface area (Å²) in [4.78, 5) is 25.0. The summed E-state index contributed by atoms with van der Waals surface area (Å²) < 4.78 is 10.8. The van der Waals surface area contributed by atoms with Gasteiger partial charge in [-0.1, -0.05) is 62.1 Å². The molecule has 152 valence electrons. The van der Waals surface area contributed by atoms with Crippen LogP contribution in [0.15, 0.2) is 42.5 Å². The van der Waals surface area contributed by atoms with E-state index in [2.05, 4.69) is 25.0 Å². The lowest BCUT2D eigenvalue weighted by molar-refractivity contribution is -0.151. The van der Waals surface area contributed by atoms with Crippen molar-refractivity contribution in [3.8, 4) is 0 Å². The number of amides is 1. The summed E-state index contributed by atoms with van der Waals surface area (Å²) in [6, 6.07) is 9.79. The molecule has 1 aromatic rings. The molecule has 7 heteroatoms. The largest absolute Gasteiger partial charge is 0.461 e. The molecule has 6 nitrogen and oxygen atoms in total. The molecular formula is C21H29NO5Si. The van der Waals surface area contributed by atoms with Crippen molar-refractivity contribution in [3.63, 3.8) is 0 Å². The number of esters is 1. The van der Waals surface area contributed by atoms with Gasteiger partial charge in [-0.2, -0.15) is 0 Å². The SMILES string of the molecule is C[Si](C)(C)CCOC(=O)N[C@@H]1C2C=CC(C2O)[C@@H]1C(=O)OCc1ccccc1. The van der Waals surface area contributed by atoms with Crippen LogP contribution in [0.25, 0.3) is 0 Å². The maximum absolute atomic E-state index is 12.7. The minimum absolute atomic E-state index is 0.167. The third-order valence-corrected chi connectivity index (χ3v) is 7.13. The predicted octanol–water partition coefficient (Wildman–Crippen LogP) is 2.96. The van der Waals surface area contributed by atoms with Gasteiger partial charge in [0.2, 0.25) is 0 Å². The highest BCUT2D eigenvalue weighted by Gasteiger charge is 2.55. The molecule has 0 spiro atoms. The number of benzene rings is 1. The van der Waals surface area contributed by atoms with E-state index < -0.39 is 38.2 Å². The van der Waals surface area contributed by atoms with Crippen molar-refractivity contribution < 1.29 is 24.2 Å². The van der Waals surface area contributed by atoms with Gasteiger partial charge in [0.25, 0.3) is 0 Å². The van der Waals surface area contributed by atoms with Crippen LogP contribution in [0, 0.1) is 17.8 Å². The molecule has 2 N–H and O–H groups in total. The Balaban J connectivity index is 1.59. The summed E-state index contributed by atoms with van der Waals surface area (Å²) in [5.41, 5.74) is 0.894. The maximum atomic E-state index is 12.7. The molecule has 1 aromatic carbocycles. The van der Waals surface area contributed by atoms with E-state index in [9.17, 15) is 14.7 Å². The van der Waals surface area contributed by atoms with Crippen LogP contribution in [0.2, 0.25) is 25.7 Å². The molecule has 0 aromatic heterocycles. The number of hydrogen-bond acceptors (Lipinski definition) is 5. The molecule has 3 rings (SSSR count). The van der Waals surface area contributed by atoms with Gasteiger partial charge in [-0.3, -0.25) is 4.79 Å². The topological polar surface area (TPSA) is 84.9 Å². The number of ether oxygens (including phenoxy) is 2. The van der Waals surface area contributed by atoms with E-state index in [1.807, 2.05) is 42.5 Å². The van der Waals surface area contributed by atoms with Crippen LogP contribution < -0.4 is 5.32 Å². The standard InChI is InChI=1S/C21H29NO5Si/c1-28(2,3)12-11-26-21(25)22-18-16-10-9-15(19(16)23)17(18)20(24)27-13-14-7-5-4-6-8-14/h4-10,15-19,23H,11-13H2,1-3H3,(H,22,25)/t15?,16?,17-,18+,19?/m0/s1. The lowest BCUT2D eigenvalue weighted by atomic mass is 9.89. The summed E-state index contributed by atoms with van der Waals surface area (Å²) >= 11 is 0. The van der Waals surface area contributed by atoms with Crippen LogP contribution in [0.5, 0.6) is 0 Å². The zero-order chi connectivity index (χ0) is 20.3. The number of aliphatic hydroxyl groups excluding tert-OH is 1. The lowest BCUT2D eigenvalue weighted by Crippen LogP contribution is -2.46. The van der Waals surface area contributed by atoms with Crippen LogP contribution in [-0.2, 0) is 20.9 Å². The van der Waals surface area contributed by atoms with E-state index in [0.717, 1.165) is 11.6 Å². The van der Waals surface area contributed by atoms with Crippen LogP contribution in [0.1, 0.15) is 5.56 Å². The number of alkyl carbamates (subject to hydrolysis) is 1. The van der Waals surface area contributed by atoms with Crippen molar-refractivity contribution in [1.29, 1.82) is 0 Å². The Morgan fingerprint density at radius 3 is 2.43 bits per heavy atom. The second-order valence-electron chi connectivity index (χ2n) is 8.77. The number of nitrogens with one attached hydrogen (secondary N) is 1. The first-order valence-corrected chi connectivity index (χ1v) is 13.5. The predicted molar refractivity (Wildman–Crippen MR) is 108 cm³/mol. The molecule has 0 heterocycles. The monoisotopic (exact) mass is 403 g/mol. The van der Waals surface area contributed by atoms with Crippen molar-refractivity contribution in [2.75, 3.05) is 6.61 Å². The highest BCUT2D eigenvalue weighted by molar-refractivity contribution is 6.76. The average molecular weight is 404 g/mol. The number of aliphatic hydroxyl groups is 1. The summed E-state index contributed by atoms with van der Waals surface area (Å²) in [6.07, 6.45) is 2.47. The van der Waals surface area contributed by atoms with E-state index >= 15 is 0 Å². The molecule has 1 fully saturated rings. The quantitative estimate of drug-likeness (QED) is 0.415. The molecule has 0 radical (unpaired) electrons.